The summed E-state index contributed by atoms with van der Waals surface area (Å²) in [6.07, 6.45) is -2.40. The number of nitrogens with zero attached hydrogens (tertiary/aromatic N) is 2. The largest absolute Gasteiger partial charge is 0.480 e. The lowest BCUT2D eigenvalue weighted by Crippen LogP contribution is -2.00. The minimum atomic E-state index is -2.34. The van der Waals surface area contributed by atoms with E-state index in [0.717, 1.165) is 0 Å². The van der Waals surface area contributed by atoms with E-state index < -0.39 is 6.43 Å². The highest BCUT2D eigenvalue weighted by Gasteiger charge is 2.10. The molecule has 0 aliphatic rings. The van der Waals surface area contributed by atoms with Gasteiger partial charge in [0.1, 0.15) is 0 Å². The van der Waals surface area contributed by atoms with Crippen LogP contribution in [0.1, 0.15) is 12.0 Å². The third-order valence-corrected chi connectivity index (χ3v) is 1.81. The Kier molecular flexibility index (Phi) is 4.00. The molecule has 1 heterocycles. The third kappa shape index (κ3) is 3.06. The molecule has 3 nitrogen and oxygen atoms in total. The number of hydrogen-bond acceptors (Lipinski definition) is 3. The molecule has 0 atom stereocenters. The van der Waals surface area contributed by atoms with Gasteiger partial charge in [0.2, 0.25) is 12.3 Å². The van der Waals surface area contributed by atoms with E-state index in [0.29, 0.717) is 5.56 Å². The van der Waals surface area contributed by atoms with Crippen LogP contribution in [0.4, 0.5) is 8.78 Å². The van der Waals surface area contributed by atoms with Crippen LogP contribution in [0.5, 0.6) is 5.88 Å². The van der Waals surface area contributed by atoms with Crippen molar-refractivity contribution in [2.45, 2.75) is 19.3 Å². The molecule has 14 heavy (non-hydrogen) atoms. The first-order valence-corrected chi connectivity index (χ1v) is 4.35. The maximum Gasteiger partial charge on any atom is 0.239 e. The number of aryl methyl sites for hydroxylation is 1. The van der Waals surface area contributed by atoms with Crippen LogP contribution < -0.4 is 4.74 Å². The van der Waals surface area contributed by atoms with Crippen LogP contribution in [0, 0.1) is 0 Å². The Hall–Kier alpha value is -0.970. The second-order valence-corrected chi connectivity index (χ2v) is 3.02. The van der Waals surface area contributed by atoms with Gasteiger partial charge in [-0.3, -0.25) is 0 Å². The van der Waals surface area contributed by atoms with Crippen LogP contribution in [-0.2, 0) is 6.42 Å². The maximum absolute atomic E-state index is 11.9. The zero-order chi connectivity index (χ0) is 10.6. The molecule has 0 saturated heterocycles. The minimum absolute atomic E-state index is 0.176. The average molecular weight is 223 g/mol. The van der Waals surface area contributed by atoms with Gasteiger partial charge >= 0.3 is 0 Å². The summed E-state index contributed by atoms with van der Waals surface area (Å²) in [5.41, 5.74) is 0.549. The van der Waals surface area contributed by atoms with E-state index in [9.17, 15) is 8.78 Å². The molecule has 0 radical (unpaired) electrons. The topological polar surface area (TPSA) is 35.0 Å². The molecule has 0 aliphatic carbocycles. The van der Waals surface area contributed by atoms with Crippen molar-refractivity contribution in [2.75, 3.05) is 7.11 Å². The second-order valence-electron chi connectivity index (χ2n) is 2.63. The molecule has 1 aromatic rings. The fraction of sp³-hybridized carbons (Fsp3) is 0.500. The fourth-order valence-electron chi connectivity index (χ4n) is 1.01. The highest BCUT2D eigenvalue weighted by molar-refractivity contribution is 6.29. The molecule has 0 fully saturated rings. The molecule has 1 aromatic heterocycles. The van der Waals surface area contributed by atoms with Crippen molar-refractivity contribution < 1.29 is 13.5 Å². The SMILES string of the molecule is COc1nnc(Cl)cc1CCC(F)F. The van der Waals surface area contributed by atoms with Gasteiger partial charge in [-0.2, -0.15) is 0 Å². The van der Waals surface area contributed by atoms with Crippen LogP contribution in [0.3, 0.4) is 0 Å². The van der Waals surface area contributed by atoms with E-state index in [2.05, 4.69) is 10.2 Å². The van der Waals surface area contributed by atoms with Crippen LogP contribution >= 0.6 is 11.6 Å². The molecule has 0 unspecified atom stereocenters. The zero-order valence-corrected chi connectivity index (χ0v) is 8.26. The van der Waals surface area contributed by atoms with Gasteiger partial charge < -0.3 is 4.74 Å². The van der Waals surface area contributed by atoms with Gasteiger partial charge in [0, 0.05) is 12.0 Å². The number of ether oxygens (including phenoxy) is 1. The van der Waals surface area contributed by atoms with Crippen molar-refractivity contribution in [3.05, 3.63) is 16.8 Å². The summed E-state index contributed by atoms with van der Waals surface area (Å²) in [4.78, 5) is 0. The van der Waals surface area contributed by atoms with E-state index in [1.54, 1.807) is 0 Å². The van der Waals surface area contributed by atoms with E-state index >= 15 is 0 Å². The summed E-state index contributed by atoms with van der Waals surface area (Å²) in [6, 6.07) is 1.48. The first-order chi connectivity index (χ1) is 6.63. The highest BCUT2D eigenvalue weighted by atomic mass is 35.5. The summed E-state index contributed by atoms with van der Waals surface area (Å²) >= 11 is 5.57. The van der Waals surface area contributed by atoms with Crippen molar-refractivity contribution in [1.29, 1.82) is 0 Å². The molecule has 0 aromatic carbocycles. The van der Waals surface area contributed by atoms with Gasteiger partial charge in [-0.1, -0.05) is 11.6 Å². The molecular formula is C8H9ClF2N2O. The Morgan fingerprint density at radius 1 is 1.50 bits per heavy atom. The molecule has 0 aliphatic heterocycles. The van der Waals surface area contributed by atoms with Gasteiger partial charge in [-0.05, 0) is 12.5 Å². The molecule has 0 saturated carbocycles. The smallest absolute Gasteiger partial charge is 0.239 e. The lowest BCUT2D eigenvalue weighted by Gasteiger charge is -2.05. The van der Waals surface area contributed by atoms with Gasteiger partial charge in [-0.25, -0.2) is 8.78 Å². The van der Waals surface area contributed by atoms with Gasteiger partial charge in [-0.15, -0.1) is 10.2 Å². The first-order valence-electron chi connectivity index (χ1n) is 3.97. The Morgan fingerprint density at radius 2 is 2.21 bits per heavy atom. The van der Waals surface area contributed by atoms with Gasteiger partial charge in [0.15, 0.2) is 5.15 Å². The summed E-state index contributed by atoms with van der Waals surface area (Å²) in [7, 11) is 1.41. The van der Waals surface area contributed by atoms with Gasteiger partial charge in [0.25, 0.3) is 0 Å². The van der Waals surface area contributed by atoms with E-state index in [-0.39, 0.29) is 23.9 Å². The number of methoxy groups -OCH3 is 1. The molecule has 6 heteroatoms. The number of rotatable bonds is 4. The Bertz CT molecular complexity index is 309. The first kappa shape index (κ1) is 11.1. The molecular weight excluding hydrogens is 214 g/mol. The van der Waals surface area contributed by atoms with Crippen molar-refractivity contribution >= 4 is 11.6 Å². The monoisotopic (exact) mass is 222 g/mol. The summed E-state index contributed by atoms with van der Waals surface area (Å²) in [6.45, 7) is 0. The molecule has 0 bridgehead atoms. The van der Waals surface area contributed by atoms with Crippen LogP contribution in [0.25, 0.3) is 0 Å². The number of halogens is 3. The predicted molar refractivity (Wildman–Crippen MR) is 47.9 cm³/mol. The molecule has 0 N–H and O–H groups in total. The second kappa shape index (κ2) is 5.05. The van der Waals surface area contributed by atoms with Gasteiger partial charge in [0.05, 0.1) is 7.11 Å². The quantitative estimate of drug-likeness (QED) is 0.784. The highest BCUT2D eigenvalue weighted by Crippen LogP contribution is 2.19. The van der Waals surface area contributed by atoms with Crippen LogP contribution in [0.15, 0.2) is 6.07 Å². The predicted octanol–water partition coefficient (Wildman–Crippen LogP) is 2.34. The number of hydrogen-bond donors (Lipinski definition) is 0. The Labute approximate surface area is 85.0 Å². The third-order valence-electron chi connectivity index (χ3n) is 1.63. The summed E-state index contributed by atoms with van der Waals surface area (Å²) in [5.74, 6) is 0.245. The van der Waals surface area contributed by atoms with Crippen LogP contribution in [0.2, 0.25) is 5.15 Å². The molecule has 0 spiro atoms. The van der Waals surface area contributed by atoms with Crippen molar-refractivity contribution in [1.82, 2.24) is 10.2 Å². The van der Waals surface area contributed by atoms with E-state index in [4.69, 9.17) is 16.3 Å². The standard InChI is InChI=1S/C8H9ClF2N2O/c1-14-8-5(2-3-7(10)11)4-6(9)12-13-8/h4,7H,2-3H2,1H3. The van der Waals surface area contributed by atoms with E-state index in [1.165, 1.54) is 13.2 Å². The number of alkyl halides is 2. The molecule has 1 rings (SSSR count). The van der Waals surface area contributed by atoms with Crippen molar-refractivity contribution in [3.8, 4) is 5.88 Å². The minimum Gasteiger partial charge on any atom is -0.480 e. The van der Waals surface area contributed by atoms with Crippen molar-refractivity contribution in [2.24, 2.45) is 0 Å². The Balaban J connectivity index is 2.77. The average Bonchev–Trinajstić information content (AvgIpc) is 2.15. The van der Waals surface area contributed by atoms with E-state index in [1.807, 2.05) is 0 Å². The molecule has 78 valence electrons. The van der Waals surface area contributed by atoms with Crippen LogP contribution in [-0.4, -0.2) is 23.7 Å². The number of aromatic nitrogens is 2. The lowest BCUT2D eigenvalue weighted by atomic mass is 10.2. The summed E-state index contributed by atoms with van der Waals surface area (Å²) < 4.78 is 28.7. The lowest BCUT2D eigenvalue weighted by molar-refractivity contribution is 0.137. The normalized spacial score (nSPS) is 10.6. The van der Waals surface area contributed by atoms with Crippen molar-refractivity contribution in [3.63, 3.8) is 0 Å². The fourth-order valence-corrected chi connectivity index (χ4v) is 1.18. The zero-order valence-electron chi connectivity index (χ0n) is 7.51. The Morgan fingerprint density at radius 3 is 2.79 bits per heavy atom. The molecule has 0 amide bonds. The summed E-state index contributed by atoms with van der Waals surface area (Å²) in [5, 5.41) is 7.34. The maximum atomic E-state index is 11.9.